The van der Waals surface area contributed by atoms with Crippen molar-refractivity contribution in [1.82, 2.24) is 14.7 Å². The molecule has 10 heteroatoms. The number of aliphatic hydroxyl groups excluding tert-OH is 1. The van der Waals surface area contributed by atoms with Crippen LogP contribution in [0.1, 0.15) is 19.3 Å². The maximum atomic E-state index is 14.0. The quantitative estimate of drug-likeness (QED) is 0.278. The number of unbranched alkanes of at least 4 members (excludes halogenated alkanes) is 2. The van der Waals surface area contributed by atoms with Gasteiger partial charge in [-0.1, -0.05) is 18.2 Å². The van der Waals surface area contributed by atoms with Crippen molar-refractivity contribution < 1.29 is 33.7 Å². The van der Waals surface area contributed by atoms with Gasteiger partial charge in [0.25, 0.3) is 0 Å². The topological polar surface area (TPSA) is 109 Å². The Morgan fingerprint density at radius 3 is 2.63 bits per heavy atom. The van der Waals surface area contributed by atoms with Gasteiger partial charge in [0.1, 0.15) is 24.2 Å². The van der Waals surface area contributed by atoms with E-state index in [1.54, 1.807) is 22.0 Å². The van der Waals surface area contributed by atoms with Gasteiger partial charge >= 0.3 is 5.97 Å². The highest BCUT2D eigenvalue weighted by atomic mass is 16.6. The standard InChI is InChI=1S/C25H35N3O7/c29-14-3-1-2-9-28-21-23(31)27(11-10-26-12-16-33-17-13-26)8-5-7-25(21)20(22(28)30)19-18(35-25)6-4-15-34-24(19)32/h4-7,18-21,29H,1-3,8-17H2/t18-,19+,20+,21?,25+/m1/s1. The molecule has 35 heavy (non-hydrogen) atoms. The summed E-state index contributed by atoms with van der Waals surface area (Å²) in [4.78, 5) is 46.5. The Kier molecular flexibility index (Phi) is 7.24. The van der Waals surface area contributed by atoms with Crippen LogP contribution in [0.2, 0.25) is 0 Å². The van der Waals surface area contributed by atoms with E-state index in [1.807, 2.05) is 12.2 Å². The molecular formula is C25H35N3O7. The van der Waals surface area contributed by atoms with Crippen LogP contribution in [0.25, 0.3) is 0 Å². The van der Waals surface area contributed by atoms with Gasteiger partial charge in [-0.25, -0.2) is 0 Å². The van der Waals surface area contributed by atoms with E-state index in [4.69, 9.17) is 19.3 Å². The predicted molar refractivity (Wildman–Crippen MR) is 124 cm³/mol. The lowest BCUT2D eigenvalue weighted by Gasteiger charge is -2.36. The van der Waals surface area contributed by atoms with E-state index in [9.17, 15) is 14.4 Å². The number of fused-ring (bicyclic) bond motifs is 2. The summed E-state index contributed by atoms with van der Waals surface area (Å²) in [5.74, 6) is -2.40. The molecule has 0 aromatic heterocycles. The number of likely N-dealkylation sites (tertiary alicyclic amines) is 1. The number of aliphatic hydroxyl groups is 1. The van der Waals surface area contributed by atoms with Crippen LogP contribution in [0, 0.1) is 11.8 Å². The molecular weight excluding hydrogens is 454 g/mol. The first kappa shape index (κ1) is 24.4. The number of rotatable bonds is 8. The Labute approximate surface area is 205 Å². The lowest BCUT2D eigenvalue weighted by atomic mass is 9.78. The van der Waals surface area contributed by atoms with Crippen molar-refractivity contribution in [2.75, 3.05) is 65.7 Å². The third kappa shape index (κ3) is 4.41. The fourth-order valence-electron chi connectivity index (χ4n) is 6.11. The summed E-state index contributed by atoms with van der Waals surface area (Å²) in [6.07, 6.45) is 8.74. The average molecular weight is 490 g/mol. The first-order valence-corrected chi connectivity index (χ1v) is 12.8. The van der Waals surface area contributed by atoms with Crippen molar-refractivity contribution in [3.05, 3.63) is 24.3 Å². The molecule has 1 N–H and O–H groups in total. The van der Waals surface area contributed by atoms with Crippen molar-refractivity contribution in [1.29, 1.82) is 0 Å². The molecule has 2 amide bonds. The van der Waals surface area contributed by atoms with Crippen LogP contribution >= 0.6 is 0 Å². The fraction of sp³-hybridized carbons (Fsp3) is 0.720. The van der Waals surface area contributed by atoms with Crippen molar-refractivity contribution in [3.63, 3.8) is 0 Å². The van der Waals surface area contributed by atoms with Crippen LogP contribution in [0.5, 0.6) is 0 Å². The van der Waals surface area contributed by atoms with Crippen LogP contribution in [0.4, 0.5) is 0 Å². The highest BCUT2D eigenvalue weighted by Crippen LogP contribution is 2.53. The molecule has 192 valence electrons. The predicted octanol–water partition coefficient (Wildman–Crippen LogP) is -0.427. The summed E-state index contributed by atoms with van der Waals surface area (Å²) in [6, 6.07) is -0.828. The van der Waals surface area contributed by atoms with Crippen molar-refractivity contribution in [2.24, 2.45) is 11.8 Å². The Balaban J connectivity index is 1.43. The number of carbonyl (C=O) groups is 3. The van der Waals surface area contributed by atoms with E-state index in [2.05, 4.69) is 4.90 Å². The summed E-state index contributed by atoms with van der Waals surface area (Å²) in [6.45, 7) is 5.39. The maximum absolute atomic E-state index is 14.0. The molecule has 0 radical (unpaired) electrons. The smallest absolute Gasteiger partial charge is 0.313 e. The minimum absolute atomic E-state index is 0.0893. The van der Waals surface area contributed by atoms with Gasteiger partial charge in [0.05, 0.1) is 25.2 Å². The van der Waals surface area contributed by atoms with Crippen LogP contribution in [-0.4, -0.2) is 121 Å². The van der Waals surface area contributed by atoms with Crippen LogP contribution < -0.4 is 0 Å². The van der Waals surface area contributed by atoms with Crippen molar-refractivity contribution >= 4 is 17.8 Å². The van der Waals surface area contributed by atoms with Gasteiger partial charge in [0, 0.05) is 45.9 Å². The molecule has 0 aromatic carbocycles. The van der Waals surface area contributed by atoms with Crippen molar-refractivity contribution in [3.8, 4) is 0 Å². The zero-order valence-electron chi connectivity index (χ0n) is 20.0. The Morgan fingerprint density at radius 2 is 1.83 bits per heavy atom. The maximum Gasteiger partial charge on any atom is 0.313 e. The first-order chi connectivity index (χ1) is 17.1. The normalized spacial score (nSPS) is 34.9. The number of cyclic esters (lactones) is 1. The van der Waals surface area contributed by atoms with Crippen LogP contribution in [-0.2, 0) is 28.6 Å². The first-order valence-electron chi connectivity index (χ1n) is 12.8. The fourth-order valence-corrected chi connectivity index (χ4v) is 6.11. The number of esters is 1. The van der Waals surface area contributed by atoms with Gasteiger partial charge in [-0.2, -0.15) is 0 Å². The third-order valence-electron chi connectivity index (χ3n) is 7.84. The molecule has 10 nitrogen and oxygen atoms in total. The molecule has 3 fully saturated rings. The number of carbonyl (C=O) groups excluding carboxylic acids is 3. The molecule has 0 bridgehead atoms. The lowest BCUT2D eigenvalue weighted by molar-refractivity contribution is -0.153. The SMILES string of the molecule is O=C1OCC=C[C@H]2O[C@]34C=CCN(CCN5CCOCC5)C(=O)C3N(CCCCCO)C(=O)[C@@H]4[C@@H]12. The highest BCUT2D eigenvalue weighted by Gasteiger charge is 2.71. The lowest BCUT2D eigenvalue weighted by Crippen LogP contribution is -2.56. The largest absolute Gasteiger partial charge is 0.461 e. The monoisotopic (exact) mass is 489 g/mol. The second-order valence-corrected chi connectivity index (χ2v) is 9.86. The molecule has 5 aliphatic heterocycles. The van der Waals surface area contributed by atoms with Gasteiger partial charge < -0.3 is 29.1 Å². The molecule has 5 heterocycles. The minimum atomic E-state index is -1.20. The number of morpholine rings is 1. The van der Waals surface area contributed by atoms with E-state index in [-0.39, 0.29) is 25.0 Å². The van der Waals surface area contributed by atoms with E-state index in [0.29, 0.717) is 45.7 Å². The molecule has 5 rings (SSSR count). The summed E-state index contributed by atoms with van der Waals surface area (Å²) in [7, 11) is 0. The van der Waals surface area contributed by atoms with Crippen LogP contribution in [0.3, 0.4) is 0 Å². The molecule has 1 unspecified atom stereocenters. The van der Waals surface area contributed by atoms with Gasteiger partial charge in [-0.05, 0) is 25.3 Å². The zero-order chi connectivity index (χ0) is 24.4. The second-order valence-electron chi connectivity index (χ2n) is 9.86. The second kappa shape index (κ2) is 10.4. The Hall–Kier alpha value is -2.27. The number of ether oxygens (including phenoxy) is 3. The molecule has 0 saturated carbocycles. The van der Waals surface area contributed by atoms with Gasteiger partial charge in [0.15, 0.2) is 0 Å². The van der Waals surface area contributed by atoms with E-state index >= 15 is 0 Å². The van der Waals surface area contributed by atoms with Crippen LogP contribution in [0.15, 0.2) is 24.3 Å². The highest BCUT2D eigenvalue weighted by molar-refractivity contribution is 5.99. The number of amides is 2. The van der Waals surface area contributed by atoms with Crippen molar-refractivity contribution in [2.45, 2.75) is 37.0 Å². The van der Waals surface area contributed by atoms with E-state index in [0.717, 1.165) is 26.1 Å². The summed E-state index contributed by atoms with van der Waals surface area (Å²) in [5, 5.41) is 9.15. The zero-order valence-corrected chi connectivity index (χ0v) is 20.0. The summed E-state index contributed by atoms with van der Waals surface area (Å²) in [5.41, 5.74) is -1.20. The van der Waals surface area contributed by atoms with Gasteiger partial charge in [-0.15, -0.1) is 0 Å². The average Bonchev–Trinajstić information content (AvgIpc) is 3.16. The molecule has 1 spiro atoms. The van der Waals surface area contributed by atoms with Gasteiger partial charge in [-0.3, -0.25) is 19.3 Å². The summed E-state index contributed by atoms with van der Waals surface area (Å²) < 4.78 is 17.3. The Morgan fingerprint density at radius 1 is 1.00 bits per heavy atom. The number of nitrogens with zero attached hydrogens (tertiary/aromatic N) is 3. The Bertz CT molecular complexity index is 886. The van der Waals surface area contributed by atoms with E-state index < -0.39 is 35.6 Å². The van der Waals surface area contributed by atoms with Gasteiger partial charge in [0.2, 0.25) is 11.8 Å². The minimum Gasteiger partial charge on any atom is -0.461 e. The third-order valence-corrected chi connectivity index (χ3v) is 7.84. The number of hydrogen-bond acceptors (Lipinski definition) is 8. The molecule has 5 atom stereocenters. The molecule has 3 saturated heterocycles. The molecule has 0 aliphatic carbocycles. The molecule has 5 aliphatic rings. The summed E-state index contributed by atoms with van der Waals surface area (Å²) >= 11 is 0. The molecule has 0 aromatic rings. The number of hydrogen-bond donors (Lipinski definition) is 1. The van der Waals surface area contributed by atoms with E-state index in [1.165, 1.54) is 0 Å².